The fraction of sp³-hybridized carbons (Fsp3) is 0.0455. The molecule has 0 aliphatic carbocycles. The van der Waals surface area contributed by atoms with E-state index < -0.39 is 5.43 Å². The zero-order chi connectivity index (χ0) is 19.7. The fourth-order valence-electron chi connectivity index (χ4n) is 2.94. The Balaban J connectivity index is 1.91. The van der Waals surface area contributed by atoms with Crippen LogP contribution in [-0.2, 0) is 6.61 Å². The summed E-state index contributed by atoms with van der Waals surface area (Å²) < 4.78 is 11.7. The number of ether oxygens (including phenoxy) is 1. The fourth-order valence-corrected chi connectivity index (χ4v) is 3.13. The summed E-state index contributed by atoms with van der Waals surface area (Å²) in [6.07, 6.45) is 0. The van der Waals surface area contributed by atoms with Crippen molar-refractivity contribution < 1.29 is 19.4 Å². The van der Waals surface area contributed by atoms with Crippen LogP contribution in [0.4, 0.5) is 0 Å². The molecular weight excluding hydrogens is 380 g/mol. The summed E-state index contributed by atoms with van der Waals surface area (Å²) in [5.41, 5.74) is 0.854. The summed E-state index contributed by atoms with van der Waals surface area (Å²) in [6.45, 7) is 0.0502. The van der Waals surface area contributed by atoms with Gasteiger partial charge in [0.05, 0.1) is 0 Å². The number of hydrogen-bond acceptors (Lipinski definition) is 5. The summed E-state index contributed by atoms with van der Waals surface area (Å²) in [6, 6.07) is 18.5. The molecule has 6 heteroatoms. The SMILES string of the molecule is O=c1c(OCc2ccccc2Cl)c(-c2ccccc2)oc2cc(O)cc(O)c12. The molecule has 0 saturated carbocycles. The third kappa shape index (κ3) is 3.28. The molecule has 5 nitrogen and oxygen atoms in total. The van der Waals surface area contributed by atoms with E-state index in [-0.39, 0.29) is 40.6 Å². The first-order valence-corrected chi connectivity index (χ1v) is 8.87. The van der Waals surface area contributed by atoms with Crippen molar-refractivity contribution in [3.63, 3.8) is 0 Å². The van der Waals surface area contributed by atoms with Crippen molar-refractivity contribution in [2.45, 2.75) is 6.61 Å². The van der Waals surface area contributed by atoms with Gasteiger partial charge in [-0.2, -0.15) is 0 Å². The van der Waals surface area contributed by atoms with Crippen molar-refractivity contribution in [2.24, 2.45) is 0 Å². The van der Waals surface area contributed by atoms with E-state index in [4.69, 9.17) is 20.8 Å². The highest BCUT2D eigenvalue weighted by Crippen LogP contribution is 2.36. The van der Waals surface area contributed by atoms with E-state index in [0.717, 1.165) is 6.07 Å². The van der Waals surface area contributed by atoms with E-state index in [9.17, 15) is 15.0 Å². The number of aromatic hydroxyl groups is 2. The van der Waals surface area contributed by atoms with Gasteiger partial charge in [0.1, 0.15) is 29.1 Å². The average Bonchev–Trinajstić information content (AvgIpc) is 2.68. The number of benzene rings is 3. The summed E-state index contributed by atoms with van der Waals surface area (Å²) in [4.78, 5) is 13.1. The summed E-state index contributed by atoms with van der Waals surface area (Å²) >= 11 is 6.18. The first-order chi connectivity index (χ1) is 13.5. The lowest BCUT2D eigenvalue weighted by molar-refractivity contribution is 0.297. The number of fused-ring (bicyclic) bond motifs is 1. The van der Waals surface area contributed by atoms with E-state index >= 15 is 0 Å². The van der Waals surface area contributed by atoms with Crippen molar-refractivity contribution in [3.8, 4) is 28.6 Å². The van der Waals surface area contributed by atoms with E-state index in [0.29, 0.717) is 16.1 Å². The summed E-state index contributed by atoms with van der Waals surface area (Å²) in [5, 5.41) is 20.4. The van der Waals surface area contributed by atoms with Gasteiger partial charge >= 0.3 is 0 Å². The number of phenolic OH excluding ortho intramolecular Hbond substituents is 2. The van der Waals surface area contributed by atoms with Crippen molar-refractivity contribution in [3.05, 3.63) is 87.5 Å². The second-order valence-electron chi connectivity index (χ2n) is 6.17. The molecule has 0 radical (unpaired) electrons. The van der Waals surface area contributed by atoms with E-state index in [1.807, 2.05) is 12.1 Å². The van der Waals surface area contributed by atoms with Crippen LogP contribution >= 0.6 is 11.6 Å². The molecule has 0 atom stereocenters. The number of halogens is 1. The Morgan fingerprint density at radius 1 is 0.964 bits per heavy atom. The Morgan fingerprint density at radius 3 is 2.43 bits per heavy atom. The van der Waals surface area contributed by atoms with Gasteiger partial charge in [-0.15, -0.1) is 0 Å². The predicted octanol–water partition coefficient (Wildman–Crippen LogP) is 5.10. The van der Waals surface area contributed by atoms with Crippen molar-refractivity contribution >= 4 is 22.6 Å². The molecule has 28 heavy (non-hydrogen) atoms. The van der Waals surface area contributed by atoms with Gasteiger partial charge in [0.2, 0.25) is 11.2 Å². The van der Waals surface area contributed by atoms with Crippen molar-refractivity contribution in [2.75, 3.05) is 0 Å². The minimum absolute atomic E-state index is 0.0420. The van der Waals surface area contributed by atoms with Crippen molar-refractivity contribution in [1.29, 1.82) is 0 Å². The summed E-state index contributed by atoms with van der Waals surface area (Å²) in [7, 11) is 0. The molecule has 0 amide bonds. The molecule has 4 rings (SSSR count). The van der Waals surface area contributed by atoms with E-state index in [1.165, 1.54) is 6.07 Å². The van der Waals surface area contributed by atoms with Gasteiger partial charge < -0.3 is 19.4 Å². The normalized spacial score (nSPS) is 10.9. The third-order valence-electron chi connectivity index (χ3n) is 4.28. The molecule has 4 aromatic rings. The van der Waals surface area contributed by atoms with E-state index in [1.54, 1.807) is 42.5 Å². The standard InChI is InChI=1S/C22H15ClO5/c23-16-9-5-4-8-14(16)12-27-22-20(26)19-17(25)10-15(24)11-18(19)28-21(22)13-6-2-1-3-7-13/h1-11,24-25H,12H2. The molecule has 1 heterocycles. The van der Waals surface area contributed by atoms with Crippen LogP contribution in [0.1, 0.15) is 5.56 Å². The van der Waals surface area contributed by atoms with Gasteiger partial charge in [0, 0.05) is 28.3 Å². The first-order valence-electron chi connectivity index (χ1n) is 8.49. The van der Waals surface area contributed by atoms with Gasteiger partial charge in [-0.05, 0) is 6.07 Å². The molecule has 3 aromatic carbocycles. The Labute approximate surface area is 165 Å². The minimum atomic E-state index is -0.537. The average molecular weight is 395 g/mol. The predicted molar refractivity (Wildman–Crippen MR) is 107 cm³/mol. The van der Waals surface area contributed by atoms with E-state index in [2.05, 4.69) is 0 Å². The second kappa shape index (κ2) is 7.29. The van der Waals surface area contributed by atoms with Crippen LogP contribution in [0.2, 0.25) is 5.02 Å². The number of phenols is 2. The Kier molecular flexibility index (Phi) is 4.67. The molecule has 140 valence electrons. The zero-order valence-electron chi connectivity index (χ0n) is 14.6. The van der Waals surface area contributed by atoms with Crippen LogP contribution in [0, 0.1) is 0 Å². The molecule has 0 fully saturated rings. The Bertz CT molecular complexity index is 1220. The maximum absolute atomic E-state index is 13.1. The van der Waals surface area contributed by atoms with Crippen LogP contribution < -0.4 is 10.2 Å². The van der Waals surface area contributed by atoms with Crippen molar-refractivity contribution in [1.82, 2.24) is 0 Å². The van der Waals surface area contributed by atoms with Gasteiger partial charge in [-0.1, -0.05) is 60.1 Å². The molecule has 0 saturated heterocycles. The molecular formula is C22H15ClO5. The topological polar surface area (TPSA) is 79.9 Å². The highest BCUT2D eigenvalue weighted by atomic mass is 35.5. The zero-order valence-corrected chi connectivity index (χ0v) is 15.3. The number of rotatable bonds is 4. The maximum atomic E-state index is 13.1. The molecule has 0 bridgehead atoms. The molecule has 2 N–H and O–H groups in total. The van der Waals surface area contributed by atoms with Crippen LogP contribution in [-0.4, -0.2) is 10.2 Å². The smallest absolute Gasteiger partial charge is 0.239 e. The third-order valence-corrected chi connectivity index (χ3v) is 4.65. The highest BCUT2D eigenvalue weighted by Gasteiger charge is 2.21. The molecule has 1 aromatic heterocycles. The molecule has 0 unspecified atom stereocenters. The maximum Gasteiger partial charge on any atom is 0.239 e. The number of hydrogen-bond donors (Lipinski definition) is 2. The monoisotopic (exact) mass is 394 g/mol. The first kappa shape index (κ1) is 17.9. The van der Waals surface area contributed by atoms with Gasteiger partial charge in [0.15, 0.2) is 5.76 Å². The quantitative estimate of drug-likeness (QED) is 0.503. The van der Waals surface area contributed by atoms with Crippen LogP contribution in [0.25, 0.3) is 22.3 Å². The van der Waals surface area contributed by atoms with Crippen LogP contribution in [0.15, 0.2) is 75.9 Å². The lowest BCUT2D eigenvalue weighted by Crippen LogP contribution is -2.10. The second-order valence-corrected chi connectivity index (χ2v) is 6.58. The Hall–Kier alpha value is -3.44. The minimum Gasteiger partial charge on any atom is -0.508 e. The lowest BCUT2D eigenvalue weighted by atomic mass is 10.1. The largest absolute Gasteiger partial charge is 0.508 e. The molecule has 0 spiro atoms. The molecule has 0 aliphatic rings. The van der Waals surface area contributed by atoms with Gasteiger partial charge in [-0.25, -0.2) is 0 Å². The lowest BCUT2D eigenvalue weighted by Gasteiger charge is -2.13. The Morgan fingerprint density at radius 2 is 1.68 bits per heavy atom. The highest BCUT2D eigenvalue weighted by molar-refractivity contribution is 6.31. The van der Waals surface area contributed by atoms with Crippen LogP contribution in [0.5, 0.6) is 17.2 Å². The summed E-state index contributed by atoms with van der Waals surface area (Å²) in [5.74, 6) is -0.433. The van der Waals surface area contributed by atoms with Crippen LogP contribution in [0.3, 0.4) is 0 Å². The van der Waals surface area contributed by atoms with Gasteiger partial charge in [0.25, 0.3) is 0 Å². The molecule has 0 aliphatic heterocycles. The van der Waals surface area contributed by atoms with Gasteiger partial charge in [-0.3, -0.25) is 4.79 Å².